The van der Waals surface area contributed by atoms with Crippen LogP contribution in [0.2, 0.25) is 0 Å². The molecule has 0 aliphatic rings. The van der Waals surface area contributed by atoms with Crippen LogP contribution < -0.4 is 11.1 Å². The second-order valence-electron chi connectivity index (χ2n) is 3.22. The lowest BCUT2D eigenvalue weighted by molar-refractivity contribution is -0.137. The standard InChI is InChI=1S/C10H18N2O3S/c1-2-5-12-9(13)4-3-6-16-7-8(11)10(14)15/h2,8H,1,3-7,11H2,(H,12,13)(H,14,15)/t8-/m1/s1. The van der Waals surface area contributed by atoms with Crippen LogP contribution in [0.1, 0.15) is 12.8 Å². The monoisotopic (exact) mass is 246 g/mol. The summed E-state index contributed by atoms with van der Waals surface area (Å²) in [7, 11) is 0. The highest BCUT2D eigenvalue weighted by atomic mass is 32.2. The number of amides is 1. The Labute approximate surface area is 99.5 Å². The number of carbonyl (C=O) groups is 2. The molecule has 0 aromatic rings. The largest absolute Gasteiger partial charge is 0.480 e. The molecule has 0 saturated heterocycles. The smallest absolute Gasteiger partial charge is 0.321 e. The van der Waals surface area contributed by atoms with Gasteiger partial charge < -0.3 is 16.2 Å². The predicted octanol–water partition coefficient (Wildman–Crippen LogP) is 0.214. The van der Waals surface area contributed by atoms with Gasteiger partial charge in [0.05, 0.1) is 0 Å². The Morgan fingerprint density at radius 1 is 1.56 bits per heavy atom. The van der Waals surface area contributed by atoms with Crippen molar-refractivity contribution in [2.24, 2.45) is 5.73 Å². The molecule has 0 aliphatic carbocycles. The first kappa shape index (κ1) is 15.0. The van der Waals surface area contributed by atoms with E-state index >= 15 is 0 Å². The summed E-state index contributed by atoms with van der Waals surface area (Å²) < 4.78 is 0. The van der Waals surface area contributed by atoms with Gasteiger partial charge in [-0.1, -0.05) is 6.08 Å². The number of hydrogen-bond acceptors (Lipinski definition) is 4. The Morgan fingerprint density at radius 3 is 2.81 bits per heavy atom. The molecule has 0 aromatic carbocycles. The van der Waals surface area contributed by atoms with Gasteiger partial charge in [0.2, 0.25) is 5.91 Å². The molecular weight excluding hydrogens is 228 g/mol. The molecule has 0 saturated carbocycles. The zero-order valence-corrected chi connectivity index (χ0v) is 9.96. The van der Waals surface area contributed by atoms with Gasteiger partial charge >= 0.3 is 5.97 Å². The number of carboxylic acids is 1. The molecule has 0 spiro atoms. The zero-order valence-electron chi connectivity index (χ0n) is 9.15. The molecule has 6 heteroatoms. The minimum Gasteiger partial charge on any atom is -0.480 e. The summed E-state index contributed by atoms with van der Waals surface area (Å²) in [4.78, 5) is 21.5. The second kappa shape index (κ2) is 9.23. The van der Waals surface area contributed by atoms with Crippen molar-refractivity contribution in [3.63, 3.8) is 0 Å². The predicted molar refractivity (Wildman–Crippen MR) is 65.4 cm³/mol. The van der Waals surface area contributed by atoms with Gasteiger partial charge in [0.1, 0.15) is 6.04 Å². The van der Waals surface area contributed by atoms with Gasteiger partial charge in [0.15, 0.2) is 0 Å². The van der Waals surface area contributed by atoms with Crippen LogP contribution in [0.15, 0.2) is 12.7 Å². The first-order chi connectivity index (χ1) is 7.57. The minimum atomic E-state index is -0.990. The summed E-state index contributed by atoms with van der Waals surface area (Å²) in [5.74, 6) is 0.116. The van der Waals surface area contributed by atoms with E-state index in [1.165, 1.54) is 11.8 Å². The van der Waals surface area contributed by atoms with E-state index in [9.17, 15) is 9.59 Å². The van der Waals surface area contributed by atoms with Gasteiger partial charge in [0.25, 0.3) is 0 Å². The Hall–Kier alpha value is -1.01. The van der Waals surface area contributed by atoms with Crippen molar-refractivity contribution in [1.29, 1.82) is 0 Å². The van der Waals surface area contributed by atoms with E-state index in [1.54, 1.807) is 6.08 Å². The molecule has 0 heterocycles. The summed E-state index contributed by atoms with van der Waals surface area (Å²) in [5, 5.41) is 11.2. The van der Waals surface area contributed by atoms with Crippen molar-refractivity contribution < 1.29 is 14.7 Å². The van der Waals surface area contributed by atoms with Crippen LogP contribution in [0, 0.1) is 0 Å². The van der Waals surface area contributed by atoms with Crippen LogP contribution in [-0.4, -0.2) is 41.1 Å². The molecule has 0 aliphatic heterocycles. The maximum absolute atomic E-state index is 11.1. The average molecular weight is 246 g/mol. The van der Waals surface area contributed by atoms with Crippen molar-refractivity contribution >= 4 is 23.6 Å². The highest BCUT2D eigenvalue weighted by Gasteiger charge is 2.10. The molecule has 0 radical (unpaired) electrons. The fraction of sp³-hybridized carbons (Fsp3) is 0.600. The van der Waals surface area contributed by atoms with E-state index in [0.717, 1.165) is 12.2 Å². The molecule has 4 N–H and O–H groups in total. The molecule has 92 valence electrons. The van der Waals surface area contributed by atoms with Crippen molar-refractivity contribution in [3.05, 3.63) is 12.7 Å². The van der Waals surface area contributed by atoms with Crippen molar-refractivity contribution in [3.8, 4) is 0 Å². The third kappa shape index (κ3) is 8.31. The lowest BCUT2D eigenvalue weighted by Gasteiger charge is -2.05. The van der Waals surface area contributed by atoms with E-state index in [1.807, 2.05) is 0 Å². The third-order valence-electron chi connectivity index (χ3n) is 1.75. The molecule has 0 fully saturated rings. The number of carboxylic acid groups (broad SMARTS) is 1. The summed E-state index contributed by atoms with van der Waals surface area (Å²) in [6.45, 7) is 3.97. The summed E-state index contributed by atoms with van der Waals surface area (Å²) in [6.07, 6.45) is 2.79. The first-order valence-electron chi connectivity index (χ1n) is 5.01. The number of aliphatic carboxylic acids is 1. The van der Waals surface area contributed by atoms with Crippen LogP contribution in [0.3, 0.4) is 0 Å². The van der Waals surface area contributed by atoms with Gasteiger partial charge in [-0.25, -0.2) is 0 Å². The summed E-state index contributed by atoms with van der Waals surface area (Å²) in [5.41, 5.74) is 5.31. The SMILES string of the molecule is C=CCNC(=O)CCCSC[C@@H](N)C(=O)O. The molecular formula is C10H18N2O3S. The molecule has 0 rings (SSSR count). The molecule has 0 bridgehead atoms. The Kier molecular flexibility index (Phi) is 8.65. The van der Waals surface area contributed by atoms with Crippen LogP contribution in [0.4, 0.5) is 0 Å². The first-order valence-corrected chi connectivity index (χ1v) is 6.17. The fourth-order valence-electron chi connectivity index (χ4n) is 0.891. The molecule has 1 atom stereocenters. The Morgan fingerprint density at radius 2 is 2.25 bits per heavy atom. The normalized spacial score (nSPS) is 11.8. The van der Waals surface area contributed by atoms with Gasteiger partial charge in [-0.3, -0.25) is 9.59 Å². The quantitative estimate of drug-likeness (QED) is 0.399. The van der Waals surface area contributed by atoms with Gasteiger partial charge in [-0.05, 0) is 12.2 Å². The van der Waals surface area contributed by atoms with Crippen molar-refractivity contribution in [1.82, 2.24) is 5.32 Å². The number of carbonyl (C=O) groups excluding carboxylic acids is 1. The second-order valence-corrected chi connectivity index (χ2v) is 4.37. The number of rotatable bonds is 9. The minimum absolute atomic E-state index is 0.0111. The number of hydrogen-bond donors (Lipinski definition) is 3. The van der Waals surface area contributed by atoms with Crippen molar-refractivity contribution in [2.45, 2.75) is 18.9 Å². The van der Waals surface area contributed by atoms with Gasteiger partial charge in [0, 0.05) is 18.7 Å². The van der Waals surface area contributed by atoms with Gasteiger partial charge in [-0.15, -0.1) is 6.58 Å². The highest BCUT2D eigenvalue weighted by molar-refractivity contribution is 7.99. The number of nitrogens with two attached hydrogens (primary N) is 1. The summed E-state index contributed by atoms with van der Waals surface area (Å²) >= 11 is 1.45. The van der Waals surface area contributed by atoms with E-state index in [2.05, 4.69) is 11.9 Å². The van der Waals surface area contributed by atoms with Crippen LogP contribution in [-0.2, 0) is 9.59 Å². The lowest BCUT2D eigenvalue weighted by Crippen LogP contribution is -2.32. The highest BCUT2D eigenvalue weighted by Crippen LogP contribution is 2.05. The third-order valence-corrected chi connectivity index (χ3v) is 2.92. The van der Waals surface area contributed by atoms with E-state index in [-0.39, 0.29) is 5.91 Å². The average Bonchev–Trinajstić information content (AvgIpc) is 2.25. The van der Waals surface area contributed by atoms with E-state index in [0.29, 0.717) is 18.7 Å². The zero-order chi connectivity index (χ0) is 12.4. The number of thioether (sulfide) groups is 1. The molecule has 5 nitrogen and oxygen atoms in total. The maximum atomic E-state index is 11.1. The lowest BCUT2D eigenvalue weighted by atomic mass is 10.3. The maximum Gasteiger partial charge on any atom is 0.321 e. The van der Waals surface area contributed by atoms with Gasteiger partial charge in [-0.2, -0.15) is 11.8 Å². The van der Waals surface area contributed by atoms with Crippen LogP contribution in [0.5, 0.6) is 0 Å². The van der Waals surface area contributed by atoms with E-state index < -0.39 is 12.0 Å². The molecule has 0 aromatic heterocycles. The van der Waals surface area contributed by atoms with E-state index in [4.69, 9.17) is 10.8 Å². The Bertz CT molecular complexity index is 246. The molecule has 1 amide bonds. The van der Waals surface area contributed by atoms with Crippen LogP contribution in [0.25, 0.3) is 0 Å². The fourth-order valence-corrected chi connectivity index (χ4v) is 1.80. The number of nitrogens with one attached hydrogen (secondary N) is 1. The molecule has 0 unspecified atom stereocenters. The van der Waals surface area contributed by atoms with Crippen molar-refractivity contribution in [2.75, 3.05) is 18.1 Å². The Balaban J connectivity index is 3.36. The molecule has 16 heavy (non-hydrogen) atoms. The topological polar surface area (TPSA) is 92.4 Å². The summed E-state index contributed by atoms with van der Waals surface area (Å²) in [6, 6.07) is -0.820. The van der Waals surface area contributed by atoms with Crippen LogP contribution >= 0.6 is 11.8 Å².